The van der Waals surface area contributed by atoms with E-state index in [9.17, 15) is 4.79 Å². The van der Waals surface area contributed by atoms with E-state index < -0.39 is 0 Å². The molecular formula is C12H14ClNO2S. The molecule has 1 N–H and O–H groups in total. The molecule has 3 nitrogen and oxygen atoms in total. The predicted molar refractivity (Wildman–Crippen MR) is 71.5 cm³/mol. The van der Waals surface area contributed by atoms with Gasteiger partial charge in [0.1, 0.15) is 5.75 Å². The van der Waals surface area contributed by atoms with Gasteiger partial charge in [0.2, 0.25) is 0 Å². The van der Waals surface area contributed by atoms with Crippen molar-refractivity contribution >= 4 is 29.3 Å². The first kappa shape index (κ1) is 13.9. The van der Waals surface area contributed by atoms with Gasteiger partial charge in [-0.25, -0.2) is 0 Å². The number of hydrogen-bond acceptors (Lipinski definition) is 3. The fourth-order valence-electron chi connectivity index (χ4n) is 1.14. The van der Waals surface area contributed by atoms with Crippen LogP contribution >= 0.6 is 23.4 Å². The minimum absolute atomic E-state index is 0.164. The van der Waals surface area contributed by atoms with E-state index in [1.807, 2.05) is 31.2 Å². The number of benzene rings is 1. The van der Waals surface area contributed by atoms with Gasteiger partial charge in [0, 0.05) is 17.0 Å². The smallest absolute Gasteiger partial charge is 0.258 e. The van der Waals surface area contributed by atoms with Crippen LogP contribution in [0.2, 0.25) is 0 Å². The first-order valence-electron chi connectivity index (χ1n) is 5.11. The largest absolute Gasteiger partial charge is 0.497 e. The Morgan fingerprint density at radius 1 is 1.47 bits per heavy atom. The first-order chi connectivity index (χ1) is 8.21. The zero-order valence-electron chi connectivity index (χ0n) is 9.70. The number of ether oxygens (including phenoxy) is 1. The Hall–Kier alpha value is -1.13. The molecule has 0 atom stereocenters. The lowest BCUT2D eigenvalue weighted by Crippen LogP contribution is -2.23. The molecule has 0 radical (unpaired) electrons. The van der Waals surface area contributed by atoms with Crippen LogP contribution in [0.5, 0.6) is 5.75 Å². The van der Waals surface area contributed by atoms with Crippen molar-refractivity contribution in [3.8, 4) is 5.75 Å². The standard InChI is InChI=1S/C12H14ClNO2S/c1-3-14-12(15)11(8-13)17-10-6-4-9(16-2)5-7-10/h4-8H,3H2,1-2H3,(H,14,15)/b11-8-. The third-order valence-electron chi connectivity index (χ3n) is 1.95. The van der Waals surface area contributed by atoms with Crippen molar-refractivity contribution < 1.29 is 9.53 Å². The highest BCUT2D eigenvalue weighted by molar-refractivity contribution is 8.04. The average molecular weight is 272 g/mol. The lowest BCUT2D eigenvalue weighted by molar-refractivity contribution is -0.116. The van der Waals surface area contributed by atoms with Gasteiger partial charge in [0.25, 0.3) is 5.91 Å². The maximum absolute atomic E-state index is 11.6. The molecule has 0 bridgehead atoms. The van der Waals surface area contributed by atoms with Gasteiger partial charge in [-0.2, -0.15) is 0 Å². The van der Waals surface area contributed by atoms with Crippen molar-refractivity contribution in [2.24, 2.45) is 0 Å². The van der Waals surface area contributed by atoms with Crippen LogP contribution in [0.4, 0.5) is 0 Å². The highest BCUT2D eigenvalue weighted by Crippen LogP contribution is 2.28. The number of rotatable bonds is 5. The van der Waals surface area contributed by atoms with Crippen molar-refractivity contribution in [2.45, 2.75) is 11.8 Å². The Labute approximate surface area is 110 Å². The molecule has 0 heterocycles. The summed E-state index contributed by atoms with van der Waals surface area (Å²) in [6.07, 6.45) is 0. The van der Waals surface area contributed by atoms with Crippen LogP contribution < -0.4 is 10.1 Å². The molecule has 5 heteroatoms. The molecule has 0 aliphatic heterocycles. The first-order valence-corrected chi connectivity index (χ1v) is 6.37. The van der Waals surface area contributed by atoms with E-state index in [-0.39, 0.29) is 5.91 Å². The number of thioether (sulfide) groups is 1. The van der Waals surface area contributed by atoms with Crippen LogP contribution in [0.15, 0.2) is 39.6 Å². The van der Waals surface area contributed by atoms with E-state index in [1.165, 1.54) is 17.3 Å². The maximum Gasteiger partial charge on any atom is 0.258 e. The number of halogens is 1. The van der Waals surface area contributed by atoms with Crippen molar-refractivity contribution in [1.29, 1.82) is 0 Å². The number of amides is 1. The highest BCUT2D eigenvalue weighted by atomic mass is 35.5. The fraction of sp³-hybridized carbons (Fsp3) is 0.250. The molecule has 0 saturated carbocycles. The Morgan fingerprint density at radius 3 is 2.59 bits per heavy atom. The molecule has 1 aromatic carbocycles. The number of likely N-dealkylation sites (N-methyl/N-ethyl adjacent to an activating group) is 1. The summed E-state index contributed by atoms with van der Waals surface area (Å²) in [5, 5.41) is 2.70. The molecule has 0 aliphatic carbocycles. The molecule has 0 unspecified atom stereocenters. The van der Waals surface area contributed by atoms with E-state index in [0.717, 1.165) is 10.6 Å². The van der Waals surface area contributed by atoms with E-state index in [4.69, 9.17) is 16.3 Å². The van der Waals surface area contributed by atoms with E-state index in [0.29, 0.717) is 11.4 Å². The SMILES string of the molecule is CCNC(=O)/C(=C/Cl)Sc1ccc(OC)cc1. The van der Waals surface area contributed by atoms with Crippen LogP contribution in [0.25, 0.3) is 0 Å². The molecule has 0 saturated heterocycles. The number of carbonyl (C=O) groups excluding carboxylic acids is 1. The van der Waals surface area contributed by atoms with Crippen LogP contribution in [-0.2, 0) is 4.79 Å². The summed E-state index contributed by atoms with van der Waals surface area (Å²) in [7, 11) is 1.61. The summed E-state index contributed by atoms with van der Waals surface area (Å²) < 4.78 is 5.06. The normalized spacial score (nSPS) is 11.1. The molecule has 0 spiro atoms. The quantitative estimate of drug-likeness (QED) is 0.661. The fourth-order valence-corrected chi connectivity index (χ4v) is 2.10. The Balaban J connectivity index is 2.71. The van der Waals surface area contributed by atoms with Gasteiger partial charge < -0.3 is 10.1 Å². The third kappa shape index (κ3) is 4.32. The van der Waals surface area contributed by atoms with E-state index >= 15 is 0 Å². The topological polar surface area (TPSA) is 38.3 Å². The second-order valence-electron chi connectivity index (χ2n) is 3.11. The van der Waals surface area contributed by atoms with Crippen LogP contribution in [0, 0.1) is 0 Å². The number of nitrogens with one attached hydrogen (secondary N) is 1. The average Bonchev–Trinajstić information content (AvgIpc) is 2.37. The lowest BCUT2D eigenvalue weighted by Gasteiger charge is -2.06. The van der Waals surface area contributed by atoms with Crippen molar-refractivity contribution in [1.82, 2.24) is 5.32 Å². The van der Waals surface area contributed by atoms with Gasteiger partial charge in [-0.15, -0.1) is 0 Å². The van der Waals surface area contributed by atoms with Crippen LogP contribution in [-0.4, -0.2) is 19.6 Å². The number of methoxy groups -OCH3 is 1. The monoisotopic (exact) mass is 271 g/mol. The van der Waals surface area contributed by atoms with Gasteiger partial charge in [-0.1, -0.05) is 23.4 Å². The summed E-state index contributed by atoms with van der Waals surface area (Å²) >= 11 is 6.96. The zero-order valence-corrected chi connectivity index (χ0v) is 11.3. The van der Waals surface area contributed by atoms with Crippen LogP contribution in [0.3, 0.4) is 0 Å². The second-order valence-corrected chi connectivity index (χ2v) is 4.44. The Kier molecular flexibility index (Phi) is 5.94. The summed E-state index contributed by atoms with van der Waals surface area (Å²) in [5.41, 5.74) is 1.29. The minimum Gasteiger partial charge on any atom is -0.497 e. The summed E-state index contributed by atoms with van der Waals surface area (Å²) in [6, 6.07) is 7.43. The predicted octanol–water partition coefficient (Wildman–Crippen LogP) is 3.00. The summed E-state index contributed by atoms with van der Waals surface area (Å²) in [5.74, 6) is 0.618. The molecule has 0 fully saturated rings. The lowest BCUT2D eigenvalue weighted by atomic mass is 10.3. The molecule has 17 heavy (non-hydrogen) atoms. The number of carbonyl (C=O) groups is 1. The molecule has 0 aromatic heterocycles. The van der Waals surface area contributed by atoms with Gasteiger partial charge >= 0.3 is 0 Å². The molecule has 1 rings (SSSR count). The Morgan fingerprint density at radius 2 is 2.12 bits per heavy atom. The third-order valence-corrected chi connectivity index (χ3v) is 3.33. The molecule has 92 valence electrons. The second kappa shape index (κ2) is 7.25. The Bertz CT molecular complexity index is 403. The number of hydrogen-bond donors (Lipinski definition) is 1. The maximum atomic E-state index is 11.6. The summed E-state index contributed by atoms with van der Waals surface area (Å²) in [4.78, 5) is 13.0. The highest BCUT2D eigenvalue weighted by Gasteiger charge is 2.09. The molecule has 0 aliphatic rings. The van der Waals surface area contributed by atoms with Gasteiger partial charge in [-0.05, 0) is 31.2 Å². The molecule has 1 amide bonds. The van der Waals surface area contributed by atoms with Crippen molar-refractivity contribution in [3.05, 3.63) is 34.7 Å². The van der Waals surface area contributed by atoms with Crippen molar-refractivity contribution in [2.75, 3.05) is 13.7 Å². The van der Waals surface area contributed by atoms with E-state index in [1.54, 1.807) is 7.11 Å². The van der Waals surface area contributed by atoms with Gasteiger partial charge in [0.15, 0.2) is 0 Å². The molecular weight excluding hydrogens is 258 g/mol. The summed E-state index contributed by atoms with van der Waals surface area (Å²) in [6.45, 7) is 2.44. The molecule has 1 aromatic rings. The van der Waals surface area contributed by atoms with Crippen molar-refractivity contribution in [3.63, 3.8) is 0 Å². The van der Waals surface area contributed by atoms with Gasteiger partial charge in [0.05, 0.1) is 12.0 Å². The van der Waals surface area contributed by atoms with Crippen LogP contribution in [0.1, 0.15) is 6.92 Å². The van der Waals surface area contributed by atoms with E-state index in [2.05, 4.69) is 5.32 Å². The minimum atomic E-state index is -0.164. The zero-order chi connectivity index (χ0) is 12.7. The van der Waals surface area contributed by atoms with Gasteiger partial charge in [-0.3, -0.25) is 4.79 Å².